The van der Waals surface area contributed by atoms with Crippen LogP contribution in [0.4, 0.5) is 5.13 Å². The molecule has 1 aromatic heterocycles. The van der Waals surface area contributed by atoms with Gasteiger partial charge in [0, 0.05) is 12.0 Å². The van der Waals surface area contributed by atoms with Gasteiger partial charge in [-0.05, 0) is 76.0 Å². The Morgan fingerprint density at radius 3 is 2.29 bits per heavy atom. The molecule has 0 spiro atoms. The highest BCUT2D eigenvalue weighted by atomic mass is 32.1. The van der Waals surface area contributed by atoms with Crippen molar-refractivity contribution in [1.29, 1.82) is 0 Å². The second-order valence-corrected chi connectivity index (χ2v) is 9.78. The fourth-order valence-electron chi connectivity index (χ4n) is 3.75. The molecule has 1 aliphatic rings. The van der Waals surface area contributed by atoms with Gasteiger partial charge in [-0.25, -0.2) is 4.79 Å². The minimum atomic E-state index is -1.18. The number of hydrogen-bond acceptors (Lipinski definition) is 7. The molecule has 0 atom stereocenters. The van der Waals surface area contributed by atoms with Gasteiger partial charge in [0.15, 0.2) is 0 Å². The largest absolute Gasteiger partial charge is 0.476 e. The summed E-state index contributed by atoms with van der Waals surface area (Å²) in [6, 6.07) is 7.43. The van der Waals surface area contributed by atoms with Crippen molar-refractivity contribution in [3.8, 4) is 0 Å². The van der Waals surface area contributed by atoms with Gasteiger partial charge in [-0.2, -0.15) is 0 Å². The first-order valence-electron chi connectivity index (χ1n) is 10.3. The predicted octanol–water partition coefficient (Wildman–Crippen LogP) is 4.49. The van der Waals surface area contributed by atoms with E-state index >= 15 is 0 Å². The molecule has 31 heavy (non-hydrogen) atoms. The van der Waals surface area contributed by atoms with E-state index in [0.29, 0.717) is 23.8 Å². The van der Waals surface area contributed by atoms with Crippen LogP contribution in [0.15, 0.2) is 24.3 Å². The van der Waals surface area contributed by atoms with Crippen molar-refractivity contribution in [3.63, 3.8) is 0 Å². The molecule has 8 nitrogen and oxygen atoms in total. The molecule has 1 fully saturated rings. The van der Waals surface area contributed by atoms with Crippen LogP contribution in [0.1, 0.15) is 84.5 Å². The number of aromatic carboxylic acids is 1. The van der Waals surface area contributed by atoms with Crippen molar-refractivity contribution < 1.29 is 24.2 Å². The molecule has 166 valence electrons. The first-order valence-corrected chi connectivity index (χ1v) is 11.1. The van der Waals surface area contributed by atoms with E-state index in [1.807, 2.05) is 32.9 Å². The Morgan fingerprint density at radius 1 is 1.10 bits per heavy atom. The van der Waals surface area contributed by atoms with E-state index in [2.05, 4.69) is 15.5 Å². The van der Waals surface area contributed by atoms with E-state index in [1.165, 1.54) is 5.56 Å². The predicted molar refractivity (Wildman–Crippen MR) is 116 cm³/mol. The number of nitrogens with zero attached hydrogens (tertiary/aromatic N) is 2. The van der Waals surface area contributed by atoms with E-state index in [4.69, 9.17) is 9.84 Å². The number of esters is 1. The molecule has 0 unspecified atom stereocenters. The number of rotatable bonds is 6. The van der Waals surface area contributed by atoms with Crippen LogP contribution in [-0.2, 0) is 9.53 Å². The first-order chi connectivity index (χ1) is 14.6. The van der Waals surface area contributed by atoms with Crippen LogP contribution in [0, 0.1) is 5.92 Å². The molecular formula is C22H27N3O5S. The molecular weight excluding hydrogens is 418 g/mol. The molecule has 1 aromatic carbocycles. The monoisotopic (exact) mass is 445 g/mol. The Labute approximate surface area is 185 Å². The molecule has 0 bridgehead atoms. The molecule has 1 saturated carbocycles. The van der Waals surface area contributed by atoms with Gasteiger partial charge < -0.3 is 9.84 Å². The summed E-state index contributed by atoms with van der Waals surface area (Å²) in [6.45, 7) is 5.65. The number of hydrogen-bond donors (Lipinski definition) is 2. The zero-order valence-corrected chi connectivity index (χ0v) is 18.7. The lowest BCUT2D eigenvalue weighted by Gasteiger charge is -2.29. The fourth-order valence-corrected chi connectivity index (χ4v) is 4.33. The van der Waals surface area contributed by atoms with E-state index in [9.17, 15) is 14.4 Å². The minimum absolute atomic E-state index is 0.128. The molecule has 0 aliphatic heterocycles. The highest BCUT2D eigenvalue weighted by molar-refractivity contribution is 7.17. The number of carboxylic acid groups (broad SMARTS) is 1. The average Bonchev–Trinajstić information content (AvgIpc) is 3.16. The summed E-state index contributed by atoms with van der Waals surface area (Å²) in [6.07, 6.45) is 4.44. The summed E-state index contributed by atoms with van der Waals surface area (Å²) in [5.41, 5.74) is 1.20. The van der Waals surface area contributed by atoms with Crippen LogP contribution in [-0.4, -0.2) is 38.8 Å². The summed E-state index contributed by atoms with van der Waals surface area (Å²) >= 11 is 0.810. The Hall–Kier alpha value is -2.81. The number of anilines is 1. The average molecular weight is 446 g/mol. The van der Waals surface area contributed by atoms with Crippen molar-refractivity contribution in [3.05, 3.63) is 40.4 Å². The lowest BCUT2D eigenvalue weighted by Crippen LogP contribution is -2.26. The van der Waals surface area contributed by atoms with Crippen molar-refractivity contribution in [2.45, 2.75) is 64.4 Å². The molecule has 1 aliphatic carbocycles. The van der Waals surface area contributed by atoms with Gasteiger partial charge in [-0.3, -0.25) is 14.9 Å². The minimum Gasteiger partial charge on any atom is -0.476 e. The number of nitrogens with one attached hydrogen (secondary N) is 1. The zero-order valence-electron chi connectivity index (χ0n) is 17.9. The molecule has 2 aromatic rings. The summed E-state index contributed by atoms with van der Waals surface area (Å²) in [4.78, 5) is 35.3. The number of carbonyl (C=O) groups excluding carboxylic acids is 2. The highest BCUT2D eigenvalue weighted by Gasteiger charge is 2.26. The Kier molecular flexibility index (Phi) is 7.04. The maximum atomic E-state index is 12.4. The van der Waals surface area contributed by atoms with Gasteiger partial charge in [0.1, 0.15) is 5.60 Å². The zero-order chi connectivity index (χ0) is 22.6. The number of aromatic nitrogens is 2. The molecule has 1 amide bonds. The van der Waals surface area contributed by atoms with Gasteiger partial charge in [0.05, 0.1) is 0 Å². The van der Waals surface area contributed by atoms with Gasteiger partial charge in [-0.1, -0.05) is 23.5 Å². The molecule has 1 heterocycles. The molecule has 3 rings (SSSR count). The lowest BCUT2D eigenvalue weighted by atomic mass is 9.77. The summed E-state index contributed by atoms with van der Waals surface area (Å²) in [7, 11) is 0. The second kappa shape index (κ2) is 9.55. The second-order valence-electron chi connectivity index (χ2n) is 8.80. The van der Waals surface area contributed by atoms with Gasteiger partial charge in [0.25, 0.3) is 5.91 Å². The number of benzene rings is 1. The van der Waals surface area contributed by atoms with Crippen molar-refractivity contribution >= 4 is 34.3 Å². The third-order valence-corrected chi connectivity index (χ3v) is 6.02. The summed E-state index contributed by atoms with van der Waals surface area (Å²) in [5.74, 6) is -0.895. The topological polar surface area (TPSA) is 118 Å². The van der Waals surface area contributed by atoms with Gasteiger partial charge in [0.2, 0.25) is 10.1 Å². The quantitative estimate of drug-likeness (QED) is 0.629. The van der Waals surface area contributed by atoms with Crippen LogP contribution in [0.5, 0.6) is 0 Å². The van der Waals surface area contributed by atoms with Crippen LogP contribution < -0.4 is 5.32 Å². The van der Waals surface area contributed by atoms with Crippen LogP contribution in [0.25, 0.3) is 0 Å². The lowest BCUT2D eigenvalue weighted by molar-refractivity contribution is -0.156. The maximum absolute atomic E-state index is 12.4. The normalized spacial score (nSPS) is 18.9. The third kappa shape index (κ3) is 6.58. The maximum Gasteiger partial charge on any atom is 0.367 e. The van der Waals surface area contributed by atoms with E-state index < -0.39 is 11.6 Å². The Balaban J connectivity index is 1.50. The first kappa shape index (κ1) is 22.9. The number of carboxylic acids is 1. The highest BCUT2D eigenvalue weighted by Crippen LogP contribution is 2.37. The van der Waals surface area contributed by atoms with Crippen molar-refractivity contribution in [1.82, 2.24) is 10.2 Å². The van der Waals surface area contributed by atoms with E-state index in [0.717, 1.165) is 37.0 Å². The molecule has 9 heteroatoms. The Morgan fingerprint density at radius 2 is 1.74 bits per heavy atom. The van der Waals surface area contributed by atoms with Gasteiger partial charge in [-0.15, -0.1) is 10.2 Å². The third-order valence-electron chi connectivity index (χ3n) is 5.19. The summed E-state index contributed by atoms with van der Waals surface area (Å²) < 4.78 is 5.43. The SMILES string of the molecule is CC(C)(C)OC(=O)CC1CCC(c2ccc(C(=O)Nc3nnc(C(=O)O)s3)cc2)CC1. The van der Waals surface area contributed by atoms with Gasteiger partial charge >= 0.3 is 11.9 Å². The molecule has 0 radical (unpaired) electrons. The standard InChI is InChI=1S/C22H27N3O5S/c1-22(2,3)30-17(26)12-13-4-6-14(7-5-13)15-8-10-16(11-9-15)18(27)23-21-25-24-19(31-21)20(28)29/h8-11,13-14H,4-7,12H2,1-3H3,(H,28,29)(H,23,25,27). The number of ether oxygens (including phenoxy) is 1. The van der Waals surface area contributed by atoms with E-state index in [-0.39, 0.29) is 22.0 Å². The smallest absolute Gasteiger partial charge is 0.367 e. The fraction of sp³-hybridized carbons (Fsp3) is 0.500. The van der Waals surface area contributed by atoms with Crippen molar-refractivity contribution in [2.75, 3.05) is 5.32 Å². The molecule has 2 N–H and O–H groups in total. The van der Waals surface area contributed by atoms with E-state index in [1.54, 1.807) is 12.1 Å². The van der Waals surface area contributed by atoms with Crippen LogP contribution >= 0.6 is 11.3 Å². The van der Waals surface area contributed by atoms with Crippen LogP contribution in [0.3, 0.4) is 0 Å². The van der Waals surface area contributed by atoms with Crippen molar-refractivity contribution in [2.24, 2.45) is 5.92 Å². The summed E-state index contributed by atoms with van der Waals surface area (Å²) in [5, 5.41) is 18.6. The number of amides is 1. The molecule has 0 saturated heterocycles. The number of carbonyl (C=O) groups is 3. The van der Waals surface area contributed by atoms with Crippen LogP contribution in [0.2, 0.25) is 0 Å². The Bertz CT molecular complexity index is 941.